The van der Waals surface area contributed by atoms with Crippen molar-refractivity contribution in [2.75, 3.05) is 12.4 Å². The van der Waals surface area contributed by atoms with E-state index < -0.39 is 11.7 Å². The number of hydrogen-bond acceptors (Lipinski definition) is 3. The zero-order valence-electron chi connectivity index (χ0n) is 10.4. The van der Waals surface area contributed by atoms with E-state index in [-0.39, 0.29) is 0 Å². The van der Waals surface area contributed by atoms with Crippen LogP contribution in [0, 0.1) is 6.92 Å². The molecule has 3 nitrogen and oxygen atoms in total. The summed E-state index contributed by atoms with van der Waals surface area (Å²) in [6.45, 7) is 1.62. The van der Waals surface area contributed by atoms with Crippen molar-refractivity contribution in [3.63, 3.8) is 0 Å². The van der Waals surface area contributed by atoms with Crippen LogP contribution in [-0.2, 0) is 6.18 Å². The van der Waals surface area contributed by atoms with Crippen LogP contribution in [0.15, 0.2) is 30.6 Å². The predicted octanol–water partition coefficient (Wildman–Crippen LogP) is 3.51. The van der Waals surface area contributed by atoms with Crippen LogP contribution >= 0.6 is 0 Å². The Hall–Kier alpha value is -2.11. The van der Waals surface area contributed by atoms with Gasteiger partial charge in [0.1, 0.15) is 5.82 Å². The third-order valence-electron chi connectivity index (χ3n) is 2.72. The summed E-state index contributed by atoms with van der Waals surface area (Å²) in [5.74, 6) is 0.566. The van der Waals surface area contributed by atoms with Gasteiger partial charge in [0.25, 0.3) is 0 Å². The number of benzene rings is 1. The van der Waals surface area contributed by atoms with Gasteiger partial charge in [0, 0.05) is 12.6 Å². The van der Waals surface area contributed by atoms with Crippen molar-refractivity contribution in [1.29, 1.82) is 0 Å². The first kappa shape index (κ1) is 13.3. The Labute approximate surface area is 108 Å². The second kappa shape index (κ2) is 4.87. The lowest BCUT2D eigenvalue weighted by Gasteiger charge is -2.11. The minimum atomic E-state index is -4.33. The van der Waals surface area contributed by atoms with Gasteiger partial charge in [-0.25, -0.2) is 4.98 Å². The second-order valence-electron chi connectivity index (χ2n) is 4.07. The van der Waals surface area contributed by atoms with Gasteiger partial charge >= 0.3 is 6.18 Å². The number of halogens is 3. The molecule has 2 rings (SSSR count). The molecule has 1 aromatic carbocycles. The van der Waals surface area contributed by atoms with Crippen molar-refractivity contribution < 1.29 is 13.2 Å². The SMILES string of the molecule is CNc1cncc(-c2ccc(C(F)(F)F)cc2C)n1. The second-order valence-corrected chi connectivity index (χ2v) is 4.07. The quantitative estimate of drug-likeness (QED) is 0.904. The molecule has 0 saturated heterocycles. The number of aryl methyl sites for hydroxylation is 1. The van der Waals surface area contributed by atoms with Gasteiger partial charge in [-0.05, 0) is 24.6 Å². The summed E-state index contributed by atoms with van der Waals surface area (Å²) in [4.78, 5) is 8.26. The van der Waals surface area contributed by atoms with Gasteiger partial charge in [-0.1, -0.05) is 6.07 Å². The largest absolute Gasteiger partial charge is 0.416 e. The molecular weight excluding hydrogens is 255 g/mol. The molecule has 0 aliphatic heterocycles. The van der Waals surface area contributed by atoms with Crippen molar-refractivity contribution in [2.45, 2.75) is 13.1 Å². The zero-order valence-corrected chi connectivity index (χ0v) is 10.4. The lowest BCUT2D eigenvalue weighted by Crippen LogP contribution is -2.05. The average Bonchev–Trinajstić information content (AvgIpc) is 2.37. The van der Waals surface area contributed by atoms with Crippen molar-refractivity contribution >= 4 is 5.82 Å². The van der Waals surface area contributed by atoms with Gasteiger partial charge < -0.3 is 5.32 Å². The Morgan fingerprint density at radius 3 is 2.47 bits per heavy atom. The third-order valence-corrected chi connectivity index (χ3v) is 2.72. The minimum absolute atomic E-state index is 0.511. The van der Waals surface area contributed by atoms with Crippen molar-refractivity contribution in [3.8, 4) is 11.3 Å². The molecule has 0 unspecified atom stereocenters. The normalized spacial score (nSPS) is 11.4. The van der Waals surface area contributed by atoms with Gasteiger partial charge in [-0.3, -0.25) is 4.98 Å². The van der Waals surface area contributed by atoms with Crippen LogP contribution in [0.3, 0.4) is 0 Å². The van der Waals surface area contributed by atoms with Crippen molar-refractivity contribution in [3.05, 3.63) is 41.7 Å². The maximum atomic E-state index is 12.6. The lowest BCUT2D eigenvalue weighted by molar-refractivity contribution is -0.137. The monoisotopic (exact) mass is 267 g/mol. The maximum Gasteiger partial charge on any atom is 0.416 e. The molecular formula is C13H12F3N3. The molecule has 0 amide bonds. The number of aromatic nitrogens is 2. The summed E-state index contributed by atoms with van der Waals surface area (Å²) in [5.41, 5.74) is 1.03. The Balaban J connectivity index is 2.46. The van der Waals surface area contributed by atoms with E-state index in [1.165, 1.54) is 12.3 Å². The van der Waals surface area contributed by atoms with Gasteiger partial charge in [-0.15, -0.1) is 0 Å². The molecule has 6 heteroatoms. The lowest BCUT2D eigenvalue weighted by atomic mass is 10.0. The highest BCUT2D eigenvalue weighted by molar-refractivity contribution is 5.64. The van der Waals surface area contributed by atoms with Gasteiger partial charge in [-0.2, -0.15) is 13.2 Å². The maximum absolute atomic E-state index is 12.6. The van der Waals surface area contributed by atoms with Gasteiger partial charge in [0.05, 0.1) is 23.7 Å². The van der Waals surface area contributed by atoms with E-state index in [0.717, 1.165) is 12.1 Å². The van der Waals surface area contributed by atoms with Crippen LogP contribution in [0.1, 0.15) is 11.1 Å². The molecule has 0 spiro atoms. The molecule has 0 aliphatic rings. The average molecular weight is 267 g/mol. The number of nitrogens with one attached hydrogen (secondary N) is 1. The number of hydrogen-bond donors (Lipinski definition) is 1. The molecule has 1 N–H and O–H groups in total. The molecule has 1 aromatic heterocycles. The summed E-state index contributed by atoms with van der Waals surface area (Å²) in [6, 6.07) is 3.58. The molecule has 2 aromatic rings. The minimum Gasteiger partial charge on any atom is -0.372 e. The van der Waals surface area contributed by atoms with Crippen LogP contribution in [0.25, 0.3) is 11.3 Å². The standard InChI is InChI=1S/C13H12F3N3/c1-8-5-9(13(14,15)16)3-4-10(8)11-6-18-7-12(17-2)19-11/h3-7H,1-2H3,(H,17,19). The van der Waals surface area contributed by atoms with E-state index in [0.29, 0.717) is 22.6 Å². The van der Waals surface area contributed by atoms with E-state index in [2.05, 4.69) is 15.3 Å². The van der Waals surface area contributed by atoms with Crippen LogP contribution in [0.4, 0.5) is 19.0 Å². The summed E-state index contributed by atoms with van der Waals surface area (Å²) < 4.78 is 37.7. The third kappa shape index (κ3) is 2.83. The fourth-order valence-electron chi connectivity index (χ4n) is 1.74. The van der Waals surface area contributed by atoms with Crippen molar-refractivity contribution in [1.82, 2.24) is 9.97 Å². The van der Waals surface area contributed by atoms with E-state index in [4.69, 9.17) is 0 Å². The number of rotatable bonds is 2. The van der Waals surface area contributed by atoms with Crippen molar-refractivity contribution in [2.24, 2.45) is 0 Å². The molecule has 0 fully saturated rings. The zero-order chi connectivity index (χ0) is 14.0. The molecule has 1 heterocycles. The summed E-state index contributed by atoms with van der Waals surface area (Å²) >= 11 is 0. The van der Waals surface area contributed by atoms with E-state index in [9.17, 15) is 13.2 Å². The molecule has 0 bridgehead atoms. The first-order valence-corrected chi connectivity index (χ1v) is 5.60. The Bertz CT molecular complexity index is 594. The highest BCUT2D eigenvalue weighted by Gasteiger charge is 2.30. The Morgan fingerprint density at radius 2 is 1.89 bits per heavy atom. The van der Waals surface area contributed by atoms with Crippen LogP contribution in [0.2, 0.25) is 0 Å². The fraction of sp³-hybridized carbons (Fsp3) is 0.231. The predicted molar refractivity (Wildman–Crippen MR) is 66.8 cm³/mol. The van der Waals surface area contributed by atoms with Crippen LogP contribution in [-0.4, -0.2) is 17.0 Å². The molecule has 100 valence electrons. The first-order valence-electron chi connectivity index (χ1n) is 5.60. The fourth-order valence-corrected chi connectivity index (χ4v) is 1.74. The van der Waals surface area contributed by atoms with Gasteiger partial charge in [0.15, 0.2) is 0 Å². The number of nitrogens with zero attached hydrogens (tertiary/aromatic N) is 2. The van der Waals surface area contributed by atoms with E-state index >= 15 is 0 Å². The van der Waals surface area contributed by atoms with Crippen LogP contribution < -0.4 is 5.32 Å². The van der Waals surface area contributed by atoms with E-state index in [1.54, 1.807) is 20.2 Å². The van der Waals surface area contributed by atoms with Gasteiger partial charge in [0.2, 0.25) is 0 Å². The Morgan fingerprint density at radius 1 is 1.16 bits per heavy atom. The molecule has 0 atom stereocenters. The molecule has 19 heavy (non-hydrogen) atoms. The number of anilines is 1. The smallest absolute Gasteiger partial charge is 0.372 e. The Kier molecular flexibility index (Phi) is 3.42. The van der Waals surface area contributed by atoms with Crippen LogP contribution in [0.5, 0.6) is 0 Å². The summed E-state index contributed by atoms with van der Waals surface area (Å²) in [5, 5.41) is 2.84. The highest BCUT2D eigenvalue weighted by Crippen LogP contribution is 2.32. The highest BCUT2D eigenvalue weighted by atomic mass is 19.4. The molecule has 0 aliphatic carbocycles. The summed E-state index contributed by atoms with van der Waals surface area (Å²) in [6.07, 6.45) is -1.26. The topological polar surface area (TPSA) is 37.8 Å². The number of alkyl halides is 3. The van der Waals surface area contributed by atoms with E-state index in [1.807, 2.05) is 0 Å². The molecule has 0 saturated carbocycles. The molecule has 0 radical (unpaired) electrons. The summed E-state index contributed by atoms with van der Waals surface area (Å²) in [7, 11) is 1.70. The first-order chi connectivity index (χ1) is 8.91.